The Hall–Kier alpha value is -5.47. The second-order valence-electron chi connectivity index (χ2n) is 33.2. The molecule has 0 saturated carbocycles. The number of carbonyl (C=O) groups excluding carboxylic acids is 7. The van der Waals surface area contributed by atoms with Crippen molar-refractivity contribution in [3.63, 3.8) is 0 Å². The first-order valence-electron chi connectivity index (χ1n) is 42.1. The van der Waals surface area contributed by atoms with Crippen molar-refractivity contribution in [1.29, 1.82) is 0 Å². The maximum atomic E-state index is 13.6. The topological polar surface area (TPSA) is 885 Å². The molecule has 0 aliphatic carbocycles. The first-order valence-corrected chi connectivity index (χ1v) is 42.1. The highest BCUT2D eigenvalue weighted by atomic mass is 16.8. The Morgan fingerprint density at radius 3 is 0.780 bits per heavy atom. The summed E-state index contributed by atoms with van der Waals surface area (Å²) in [7, 11) is 0. The van der Waals surface area contributed by atoms with Gasteiger partial charge in [0.25, 0.3) is 0 Å². The summed E-state index contributed by atoms with van der Waals surface area (Å²) in [5.41, 5.74) is 0. The normalized spacial score (nSPS) is 46.7. The third-order valence-electron chi connectivity index (χ3n) is 23.7. The van der Waals surface area contributed by atoms with Crippen LogP contribution in [-0.2, 0) is 124 Å². The summed E-state index contributed by atoms with van der Waals surface area (Å²) in [6, 6.07) is -13.4. The van der Waals surface area contributed by atoms with Gasteiger partial charge in [0.15, 0.2) is 62.9 Å². The average molecular weight is 1930 g/mol. The molecular weight excluding hydrogens is 1800 g/mol. The maximum absolute atomic E-state index is 13.6. The van der Waals surface area contributed by atoms with Crippen molar-refractivity contribution in [3.8, 4) is 0 Å². The smallest absolute Gasteiger partial charge is 0.217 e. The van der Waals surface area contributed by atoms with Crippen LogP contribution in [0, 0.1) is 0 Å². The highest BCUT2D eigenvalue weighted by Crippen LogP contribution is 2.42. The van der Waals surface area contributed by atoms with Crippen molar-refractivity contribution >= 4 is 41.4 Å². The third kappa shape index (κ3) is 24.9. The summed E-state index contributed by atoms with van der Waals surface area (Å²) in [5.74, 6) is -6.63. The quantitative estimate of drug-likeness (QED) is 0.0280. The molecule has 0 spiro atoms. The third-order valence-corrected chi connectivity index (χ3v) is 23.7. The molecule has 10 fully saturated rings. The van der Waals surface area contributed by atoms with Crippen molar-refractivity contribution in [2.45, 2.75) is 355 Å². The Morgan fingerprint density at radius 1 is 0.197 bits per heavy atom. The van der Waals surface area contributed by atoms with Crippen LogP contribution >= 0.6 is 0 Å². The fraction of sp³-hybridized carbons (Fsp3) is 0.905. The van der Waals surface area contributed by atoms with E-state index in [1.165, 1.54) is 0 Å². The lowest BCUT2D eigenvalue weighted by Gasteiger charge is -2.53. The molecular formula is C74H123N7O51. The lowest BCUT2D eigenvalue weighted by molar-refractivity contribution is -0.412. The van der Waals surface area contributed by atoms with Gasteiger partial charge in [-0.25, -0.2) is 0 Å². The molecule has 0 aromatic carbocycles. The Bertz CT molecular complexity index is 3700. The standard InChI is InChI=1S/C74H123N7O51/c1-18(90)75-35-53(108)58(30(13-87)116-65(35)113)126-71-41(81-24(7)96)54(109)59(31(14-88)122-71)128-72-57(112)62(130-74-64(132-70-40(80-23(6)95)52(107)46(101)29(12-86)121-70)56(111)60(32(15-89)123-74)127-67-37(77-20(3)92)49(104)43(98)26(9-83)118-67)61(129-68-38(78-21(4)93)50(105)44(99)27(10-84)119-68)34(125-72)17-115-73-63(131-69-39(79-22(5)94)51(106)45(100)28(11-85)120-69)55(110)47(102)33(124-73)16-114-66-36(76-19(2)91)48(103)42(97)25(8-82)117-66/h25-74,82-89,97-113H,8-17H2,1-7H3,(H,75,90)(H,76,91)(H,77,92)(H,78,93)(H,79,94)(H,80,95)(H,81,96)/t25-,26-,27-,28-,29-,30-,31-,32-,33-,34-,35-,36-,37-,38-,39-,40-,41-,42-,43-,44-,45-,46-,47-,48-,49-,50-,51-,52-,53-,54+,55+,56+,57+,58-,59-,60-,61-,62-,63+,64+,65?,66-,67+,68+,69+,70+,71+,72+,73+,74-/m1/s1. The molecule has 58 heteroatoms. The van der Waals surface area contributed by atoms with Gasteiger partial charge in [-0.05, 0) is 0 Å². The molecule has 1 unspecified atom stereocenters. The van der Waals surface area contributed by atoms with Crippen molar-refractivity contribution < 1.29 is 251 Å². The van der Waals surface area contributed by atoms with Crippen molar-refractivity contribution in [3.05, 3.63) is 0 Å². The van der Waals surface area contributed by atoms with Gasteiger partial charge < -0.3 is 255 Å². The summed E-state index contributed by atoms with van der Waals surface area (Å²) in [6.45, 7) is -5.33. The number of amides is 7. The van der Waals surface area contributed by atoms with E-state index in [1.807, 2.05) is 0 Å². The van der Waals surface area contributed by atoms with E-state index >= 15 is 0 Å². The van der Waals surface area contributed by atoms with Gasteiger partial charge in [-0.15, -0.1) is 0 Å². The number of ether oxygens (including phenoxy) is 19. The van der Waals surface area contributed by atoms with Crippen molar-refractivity contribution in [2.24, 2.45) is 0 Å². The number of nitrogens with one attached hydrogen (secondary N) is 7. The van der Waals surface area contributed by atoms with E-state index < -0.39 is 414 Å². The molecule has 0 aromatic heterocycles. The van der Waals surface area contributed by atoms with E-state index in [0.29, 0.717) is 0 Å². The van der Waals surface area contributed by atoms with Crippen LogP contribution in [0.1, 0.15) is 48.5 Å². The number of rotatable bonds is 35. The molecule has 760 valence electrons. The molecule has 10 rings (SSSR count). The van der Waals surface area contributed by atoms with Crippen LogP contribution in [0.2, 0.25) is 0 Å². The summed E-state index contributed by atoms with van der Waals surface area (Å²) in [6.07, 6.45) is -95.3. The highest BCUT2D eigenvalue weighted by Gasteiger charge is 2.63. The largest absolute Gasteiger partial charge is 0.394 e. The van der Waals surface area contributed by atoms with Gasteiger partial charge in [0.2, 0.25) is 41.4 Å². The molecule has 0 radical (unpaired) electrons. The minimum atomic E-state index is -2.85. The molecule has 0 aromatic rings. The lowest BCUT2D eigenvalue weighted by Crippen LogP contribution is -2.72. The van der Waals surface area contributed by atoms with Crippen LogP contribution in [0.15, 0.2) is 0 Å². The maximum Gasteiger partial charge on any atom is 0.217 e. The van der Waals surface area contributed by atoms with E-state index in [2.05, 4.69) is 37.2 Å². The molecule has 10 saturated heterocycles. The van der Waals surface area contributed by atoms with E-state index in [-0.39, 0.29) is 0 Å². The zero-order chi connectivity index (χ0) is 97.4. The Balaban J connectivity index is 1.16. The van der Waals surface area contributed by atoms with Crippen LogP contribution in [0.25, 0.3) is 0 Å². The fourth-order valence-electron chi connectivity index (χ4n) is 17.0. The van der Waals surface area contributed by atoms with Crippen molar-refractivity contribution in [1.82, 2.24) is 37.2 Å². The summed E-state index contributed by atoms with van der Waals surface area (Å²) in [5, 5.41) is 303. The van der Waals surface area contributed by atoms with Gasteiger partial charge >= 0.3 is 0 Å². The molecule has 7 amide bonds. The number of hydrogen-bond donors (Lipinski definition) is 32. The van der Waals surface area contributed by atoms with Gasteiger partial charge in [-0.1, -0.05) is 0 Å². The molecule has 50 atom stereocenters. The van der Waals surface area contributed by atoms with Crippen LogP contribution in [-0.4, -0.2) is 542 Å². The predicted octanol–water partition coefficient (Wildman–Crippen LogP) is -21.8. The first kappa shape index (κ1) is 109. The van der Waals surface area contributed by atoms with Crippen LogP contribution < -0.4 is 37.2 Å². The number of aliphatic hydroxyl groups is 25. The molecule has 10 heterocycles. The van der Waals surface area contributed by atoms with Gasteiger partial charge in [0.05, 0.1) is 66.1 Å². The molecule has 0 bridgehead atoms. The summed E-state index contributed by atoms with van der Waals surface area (Å²) in [4.78, 5) is 90.5. The van der Waals surface area contributed by atoms with Gasteiger partial charge in [-0.2, -0.15) is 0 Å². The van der Waals surface area contributed by atoms with Crippen LogP contribution in [0.4, 0.5) is 0 Å². The first-order chi connectivity index (χ1) is 62.4. The number of hydrogen-bond acceptors (Lipinski definition) is 51. The van der Waals surface area contributed by atoms with Crippen molar-refractivity contribution in [2.75, 3.05) is 66.1 Å². The van der Waals surface area contributed by atoms with Gasteiger partial charge in [0, 0.05) is 48.5 Å². The van der Waals surface area contributed by atoms with Crippen LogP contribution in [0.3, 0.4) is 0 Å². The monoisotopic (exact) mass is 1930 g/mol. The van der Waals surface area contributed by atoms with E-state index in [1.54, 1.807) is 0 Å². The Morgan fingerprint density at radius 2 is 0.424 bits per heavy atom. The molecule has 10 aliphatic rings. The molecule has 132 heavy (non-hydrogen) atoms. The second-order valence-corrected chi connectivity index (χ2v) is 33.2. The lowest BCUT2D eigenvalue weighted by atomic mass is 9.93. The van der Waals surface area contributed by atoms with Gasteiger partial charge in [-0.3, -0.25) is 33.6 Å². The average Bonchev–Trinajstić information content (AvgIpc) is 0.752. The number of carbonyl (C=O) groups is 7. The van der Waals surface area contributed by atoms with E-state index in [9.17, 15) is 161 Å². The van der Waals surface area contributed by atoms with Crippen LogP contribution in [0.5, 0.6) is 0 Å². The number of aliphatic hydroxyl groups excluding tert-OH is 25. The predicted molar refractivity (Wildman–Crippen MR) is 411 cm³/mol. The Kier molecular flexibility index (Phi) is 39.4. The summed E-state index contributed by atoms with van der Waals surface area (Å²) < 4.78 is 118. The minimum Gasteiger partial charge on any atom is -0.394 e. The highest BCUT2D eigenvalue weighted by molar-refractivity contribution is 5.75. The zero-order valence-corrected chi connectivity index (χ0v) is 71.7. The molecule has 32 N–H and O–H groups in total. The van der Waals surface area contributed by atoms with Gasteiger partial charge in [0.1, 0.15) is 244 Å². The SMILES string of the molecule is CC(=O)N[C@H]1[C@H](OC[C@H]2O[C@H](OC[C@H]3O[C@@H](O[C@H]4[C@@H](O)[C@@H](NC(C)=O)[C@H](O[C@H]5[C@H](O)[C@@H](NC(C)=O)C(O)O[C@@H]5CO)O[C@@H]4CO)[C@@H](O)[C@@H](O[C@H]4O[C@H](CO)[C@@H](O[C@@H]5O[C@H](CO)[C@@H](O)[C@H](O)[C@H]5NC(C)=O)[C@H](O)[C@@H]4O[C@@H]4O[C@H](CO)[C@@H](O)[C@H](O)[C@H]4NC(C)=O)[C@@H]3O[C@@H]3O[C@H](CO)[C@@H](O)[C@H](O)[C@H]3NC(C)=O)[C@@H](O[C@@H]3O[C@H](CO)[C@@H](O)[C@H](O)[C@H]3NC(C)=O)[C@@H](O)[C@@H]2O)O[C@H](CO)[C@@H](O)[C@@H]1O. The second kappa shape index (κ2) is 47.9. The minimum absolute atomic E-state index is 0.838. The van der Waals surface area contributed by atoms with E-state index in [0.717, 1.165) is 48.5 Å². The Labute approximate surface area is 748 Å². The zero-order valence-electron chi connectivity index (χ0n) is 71.7. The van der Waals surface area contributed by atoms with E-state index in [4.69, 9.17) is 90.0 Å². The molecule has 10 aliphatic heterocycles. The summed E-state index contributed by atoms with van der Waals surface area (Å²) >= 11 is 0. The fourth-order valence-corrected chi connectivity index (χ4v) is 17.0. The molecule has 58 nitrogen and oxygen atoms in total.